The predicted octanol–water partition coefficient (Wildman–Crippen LogP) is 6.04. The van der Waals surface area contributed by atoms with Gasteiger partial charge in [-0.3, -0.25) is 0 Å². The second-order valence-corrected chi connectivity index (χ2v) is 7.75. The summed E-state index contributed by atoms with van der Waals surface area (Å²) in [5.41, 5.74) is 4.58. The van der Waals surface area contributed by atoms with E-state index >= 15 is 0 Å². The van der Waals surface area contributed by atoms with E-state index in [1.807, 2.05) is 19.0 Å². The van der Waals surface area contributed by atoms with Gasteiger partial charge >= 0.3 is 12.4 Å². The molecule has 176 valence electrons. The summed E-state index contributed by atoms with van der Waals surface area (Å²) in [6, 6.07) is 9.86. The van der Waals surface area contributed by atoms with Gasteiger partial charge < -0.3 is 10.6 Å². The second-order valence-electron chi connectivity index (χ2n) is 7.75. The number of pyridine rings is 1. The largest absolute Gasteiger partial charge is 0.416 e. The summed E-state index contributed by atoms with van der Waals surface area (Å²) in [6.45, 7) is 0. The smallest absolute Gasteiger partial charge is 0.383 e. The first-order chi connectivity index (χ1) is 15.8. The number of nitrogens with zero attached hydrogens (tertiary/aromatic N) is 4. The van der Waals surface area contributed by atoms with Crippen LogP contribution in [0.1, 0.15) is 11.1 Å². The molecule has 0 unspecified atom stereocenters. The molecule has 4 aromatic rings. The maximum absolute atomic E-state index is 13.5. The van der Waals surface area contributed by atoms with E-state index in [0.29, 0.717) is 23.4 Å². The molecule has 0 aliphatic heterocycles. The van der Waals surface area contributed by atoms with Crippen molar-refractivity contribution >= 4 is 22.5 Å². The molecule has 2 N–H and O–H groups in total. The number of hydrogen-bond acceptors (Lipinski definition) is 5. The molecule has 0 atom stereocenters. The average molecular weight is 477 g/mol. The van der Waals surface area contributed by atoms with Gasteiger partial charge in [-0.25, -0.2) is 15.0 Å². The monoisotopic (exact) mass is 477 g/mol. The number of fused-ring (bicyclic) bond motifs is 1. The molecule has 5 nitrogen and oxygen atoms in total. The Labute approximate surface area is 189 Å². The van der Waals surface area contributed by atoms with Crippen LogP contribution in [0.25, 0.3) is 33.4 Å². The molecule has 4 rings (SSSR count). The number of aromatic nitrogens is 3. The number of nitrogens with two attached hydrogens (primary N) is 1. The molecule has 0 bridgehead atoms. The van der Waals surface area contributed by atoms with Gasteiger partial charge in [0.2, 0.25) is 0 Å². The van der Waals surface area contributed by atoms with Gasteiger partial charge in [0.25, 0.3) is 0 Å². The third kappa shape index (κ3) is 4.45. The van der Waals surface area contributed by atoms with Gasteiger partial charge in [-0.05, 0) is 47.5 Å². The molecule has 2 heterocycles. The lowest BCUT2D eigenvalue weighted by Gasteiger charge is -2.16. The van der Waals surface area contributed by atoms with Gasteiger partial charge in [-0.15, -0.1) is 0 Å². The number of halogens is 6. The van der Waals surface area contributed by atoms with Crippen LogP contribution in [0.3, 0.4) is 0 Å². The first kappa shape index (κ1) is 23.3. The highest BCUT2D eigenvalue weighted by Gasteiger charge is 2.37. The second kappa shape index (κ2) is 8.15. The van der Waals surface area contributed by atoms with E-state index in [2.05, 4.69) is 15.0 Å². The number of hydrogen-bond donors (Lipinski definition) is 1. The normalized spacial score (nSPS) is 12.2. The summed E-state index contributed by atoms with van der Waals surface area (Å²) in [6.07, 6.45) is -8.86. The average Bonchev–Trinajstić information content (AvgIpc) is 2.77. The molecule has 0 aliphatic rings. The third-order valence-electron chi connectivity index (χ3n) is 5.21. The van der Waals surface area contributed by atoms with Crippen molar-refractivity contribution < 1.29 is 26.3 Å². The Morgan fingerprint density at radius 2 is 1.35 bits per heavy atom. The summed E-state index contributed by atoms with van der Waals surface area (Å²) >= 11 is 0. The summed E-state index contributed by atoms with van der Waals surface area (Å²) in [5.74, 6) is -0.118. The van der Waals surface area contributed by atoms with Gasteiger partial charge in [0.1, 0.15) is 12.1 Å². The fraction of sp³-hybridized carbons (Fsp3) is 0.174. The minimum atomic E-state index is -4.99. The fourth-order valence-electron chi connectivity index (χ4n) is 3.50. The summed E-state index contributed by atoms with van der Waals surface area (Å²) in [4.78, 5) is 14.2. The maximum atomic E-state index is 13.5. The van der Waals surface area contributed by atoms with Crippen LogP contribution in [0.4, 0.5) is 37.8 Å². The highest BCUT2D eigenvalue weighted by molar-refractivity contribution is 6.01. The number of nitrogen functional groups attached to an aromatic ring is 1. The molecule has 0 radical (unpaired) electrons. The van der Waals surface area contributed by atoms with Crippen LogP contribution in [-0.4, -0.2) is 29.0 Å². The van der Waals surface area contributed by atoms with Gasteiger partial charge in [0, 0.05) is 25.3 Å². The molecular formula is C23H17F6N5. The zero-order chi connectivity index (χ0) is 24.8. The fourth-order valence-corrected chi connectivity index (χ4v) is 3.50. The van der Waals surface area contributed by atoms with Crippen molar-refractivity contribution in [3.63, 3.8) is 0 Å². The Kier molecular flexibility index (Phi) is 5.58. The predicted molar refractivity (Wildman–Crippen MR) is 117 cm³/mol. The number of rotatable bonds is 3. The number of benzene rings is 2. The summed E-state index contributed by atoms with van der Waals surface area (Å²) in [5, 5.41) is 0.0589. The minimum absolute atomic E-state index is 0.00591. The molecule has 0 saturated heterocycles. The maximum Gasteiger partial charge on any atom is 0.416 e. The molecule has 0 aliphatic carbocycles. The molecular weight excluding hydrogens is 460 g/mol. The van der Waals surface area contributed by atoms with Crippen LogP contribution in [-0.2, 0) is 12.4 Å². The molecule has 34 heavy (non-hydrogen) atoms. The third-order valence-corrected chi connectivity index (χ3v) is 5.21. The van der Waals surface area contributed by atoms with Crippen molar-refractivity contribution in [2.75, 3.05) is 24.7 Å². The zero-order valence-corrected chi connectivity index (χ0v) is 17.8. The Bertz CT molecular complexity index is 1330. The van der Waals surface area contributed by atoms with Crippen LogP contribution in [0.15, 0.2) is 54.9 Å². The first-order valence-corrected chi connectivity index (χ1v) is 9.83. The van der Waals surface area contributed by atoms with Crippen molar-refractivity contribution in [1.29, 1.82) is 0 Å². The molecule has 0 saturated carbocycles. The minimum Gasteiger partial charge on any atom is -0.383 e. The van der Waals surface area contributed by atoms with Gasteiger partial charge in [0.05, 0.1) is 22.2 Å². The Morgan fingerprint density at radius 3 is 1.88 bits per heavy atom. The number of alkyl halides is 6. The van der Waals surface area contributed by atoms with E-state index in [9.17, 15) is 26.3 Å². The van der Waals surface area contributed by atoms with Gasteiger partial charge in [0.15, 0.2) is 5.65 Å². The van der Waals surface area contributed by atoms with E-state index in [0.717, 1.165) is 12.0 Å². The van der Waals surface area contributed by atoms with Crippen LogP contribution in [0, 0.1) is 0 Å². The van der Waals surface area contributed by atoms with Crippen molar-refractivity contribution in [2.24, 2.45) is 0 Å². The molecule has 0 amide bonds. The highest BCUT2D eigenvalue weighted by atomic mass is 19.4. The van der Waals surface area contributed by atoms with Crippen LogP contribution >= 0.6 is 0 Å². The first-order valence-electron chi connectivity index (χ1n) is 9.83. The summed E-state index contributed by atoms with van der Waals surface area (Å²) < 4.78 is 80.8. The summed E-state index contributed by atoms with van der Waals surface area (Å²) in [7, 11) is 3.71. The Morgan fingerprint density at radius 1 is 0.765 bits per heavy atom. The van der Waals surface area contributed by atoms with Crippen molar-refractivity contribution in [1.82, 2.24) is 15.0 Å². The van der Waals surface area contributed by atoms with Crippen LogP contribution in [0.2, 0.25) is 0 Å². The Balaban J connectivity index is 2.02. The molecule has 0 fully saturated rings. The topological polar surface area (TPSA) is 67.9 Å². The standard InChI is InChI=1S/C23H17F6N5/c1-34(2)16-5-3-12(4-6-16)18-10-17(19-20(30)31-11-32-21(19)33-18)13-7-14(22(24,25)26)9-15(8-13)23(27,28)29/h3-11H,1-2H3,(H2,30,31,32,33). The van der Waals surface area contributed by atoms with Crippen LogP contribution in [0.5, 0.6) is 0 Å². The van der Waals surface area contributed by atoms with Crippen LogP contribution < -0.4 is 10.6 Å². The van der Waals surface area contributed by atoms with Gasteiger partial charge in [-0.1, -0.05) is 12.1 Å². The lowest BCUT2D eigenvalue weighted by Crippen LogP contribution is -2.11. The quantitative estimate of drug-likeness (QED) is 0.364. The van der Waals surface area contributed by atoms with Gasteiger partial charge in [-0.2, -0.15) is 26.3 Å². The van der Waals surface area contributed by atoms with Crippen molar-refractivity contribution in [3.8, 4) is 22.4 Å². The van der Waals surface area contributed by atoms with E-state index in [1.54, 1.807) is 24.3 Å². The number of anilines is 2. The van der Waals surface area contributed by atoms with E-state index in [-0.39, 0.29) is 34.0 Å². The molecule has 11 heteroatoms. The van der Waals surface area contributed by atoms with E-state index in [4.69, 9.17) is 5.73 Å². The van der Waals surface area contributed by atoms with E-state index < -0.39 is 23.5 Å². The lowest BCUT2D eigenvalue weighted by atomic mass is 9.95. The SMILES string of the molecule is CN(C)c1ccc(-c2cc(-c3cc(C(F)(F)F)cc(C(F)(F)F)c3)c3c(N)ncnc3n2)cc1. The molecule has 0 spiro atoms. The Hall–Kier alpha value is -3.89. The highest BCUT2D eigenvalue weighted by Crippen LogP contribution is 2.41. The van der Waals surface area contributed by atoms with Crippen molar-refractivity contribution in [3.05, 3.63) is 66.0 Å². The molecule has 2 aromatic heterocycles. The zero-order valence-electron chi connectivity index (χ0n) is 17.8. The lowest BCUT2D eigenvalue weighted by molar-refractivity contribution is -0.143. The van der Waals surface area contributed by atoms with Crippen molar-refractivity contribution in [2.45, 2.75) is 12.4 Å². The van der Waals surface area contributed by atoms with E-state index in [1.165, 1.54) is 6.07 Å². The molecule has 2 aromatic carbocycles.